The van der Waals surface area contributed by atoms with Crippen LogP contribution in [0, 0.1) is 5.92 Å². The molecule has 0 saturated carbocycles. The van der Waals surface area contributed by atoms with Gasteiger partial charge in [0.25, 0.3) is 0 Å². The van der Waals surface area contributed by atoms with Gasteiger partial charge in [-0.15, -0.1) is 18.5 Å². The van der Waals surface area contributed by atoms with Gasteiger partial charge in [-0.2, -0.15) is 0 Å². The molecule has 2 heteroatoms. The molecular weight excluding hydrogens is 398 g/mol. The Balaban J connectivity index is 0. The highest BCUT2D eigenvalue weighted by molar-refractivity contribution is 7.16. The molecule has 30 heavy (non-hydrogen) atoms. The first-order valence-electron chi connectivity index (χ1n) is 14.2. The first-order valence-corrected chi connectivity index (χ1v) is 15.8. The van der Waals surface area contributed by atoms with Gasteiger partial charge in [-0.25, -0.2) is 0 Å². The van der Waals surface area contributed by atoms with Crippen molar-refractivity contribution in [1.82, 2.24) is 0 Å². The Labute approximate surface area is 198 Å². The van der Waals surface area contributed by atoms with Gasteiger partial charge in [-0.05, 0) is 31.1 Å². The number of unbranched alkanes of at least 4 members (excludes halogenated alkanes) is 15. The molecule has 0 amide bonds. The van der Waals surface area contributed by atoms with E-state index in [4.69, 9.17) is 0 Å². The van der Waals surface area contributed by atoms with Gasteiger partial charge in [0.15, 0.2) is 0 Å². The molecule has 0 aromatic rings. The lowest BCUT2D eigenvalue weighted by atomic mass is 9.91. The van der Waals surface area contributed by atoms with Crippen LogP contribution in [0.1, 0.15) is 162 Å². The number of hydrogen-bond acceptors (Lipinski definition) is 0. The highest BCUT2D eigenvalue weighted by Crippen LogP contribution is 2.22. The average molecular weight is 461 g/mol. The van der Waals surface area contributed by atoms with E-state index in [1.54, 1.807) is 0 Å². The second-order valence-corrected chi connectivity index (χ2v) is 10.6. The van der Waals surface area contributed by atoms with E-state index >= 15 is 0 Å². The smallest absolute Gasteiger partial charge is 0.0381 e. The van der Waals surface area contributed by atoms with Crippen molar-refractivity contribution in [2.75, 3.05) is 12.3 Å². The van der Waals surface area contributed by atoms with E-state index in [2.05, 4.69) is 39.3 Å². The summed E-state index contributed by atoms with van der Waals surface area (Å²) in [5.41, 5.74) is 0. The second kappa shape index (κ2) is 32.0. The monoisotopic (exact) mass is 460 g/mol. The molecule has 0 aromatic carbocycles. The molecule has 0 bridgehead atoms. The van der Waals surface area contributed by atoms with Crippen molar-refractivity contribution in [3.05, 3.63) is 0 Å². The topological polar surface area (TPSA) is 0 Å². The third kappa shape index (κ3) is 31.0. The number of hydrogen-bond donors (Lipinski definition) is 0. The van der Waals surface area contributed by atoms with E-state index in [1.165, 1.54) is 154 Å². The summed E-state index contributed by atoms with van der Waals surface area (Å²) in [5, 5.41) is 0. The quantitative estimate of drug-likeness (QED) is 0.105. The first kappa shape index (κ1) is 33.0. The van der Waals surface area contributed by atoms with Crippen molar-refractivity contribution < 1.29 is 0 Å². The van der Waals surface area contributed by atoms with Crippen molar-refractivity contribution >= 4 is 18.5 Å². The summed E-state index contributed by atoms with van der Waals surface area (Å²) < 4.78 is 0. The normalized spacial score (nSPS) is 11.9. The Morgan fingerprint density at radius 1 is 0.367 bits per heavy atom. The number of rotatable bonds is 23. The van der Waals surface area contributed by atoms with Crippen LogP contribution in [0.15, 0.2) is 0 Å². The molecule has 0 nitrogen and oxygen atoms in total. The van der Waals surface area contributed by atoms with Crippen molar-refractivity contribution in [2.45, 2.75) is 162 Å². The summed E-state index contributed by atoms with van der Waals surface area (Å²) in [5.74, 6) is 1.03. The summed E-state index contributed by atoms with van der Waals surface area (Å²) in [7, 11) is 5.68. The van der Waals surface area contributed by atoms with E-state index in [9.17, 15) is 0 Å². The van der Waals surface area contributed by atoms with Gasteiger partial charge in [0.1, 0.15) is 0 Å². The van der Waals surface area contributed by atoms with Gasteiger partial charge in [0.05, 0.1) is 0 Å². The minimum Gasteiger partial charge on any atom is -0.138 e. The van der Waals surface area contributed by atoms with Crippen LogP contribution in [0.2, 0.25) is 0 Å². The second-order valence-electron chi connectivity index (χ2n) is 9.47. The highest BCUT2D eigenvalue weighted by atomic mass is 31.0. The van der Waals surface area contributed by atoms with E-state index < -0.39 is 0 Å². The Hall–Kier alpha value is 0.860. The maximum absolute atomic E-state index is 2.87. The van der Waals surface area contributed by atoms with Gasteiger partial charge >= 0.3 is 0 Å². The molecule has 0 rings (SSSR count). The molecule has 0 spiro atoms. The Kier molecular flexibility index (Phi) is 35.3. The molecule has 3 atom stereocenters. The van der Waals surface area contributed by atoms with Gasteiger partial charge in [0.2, 0.25) is 0 Å². The zero-order chi connectivity index (χ0) is 22.5. The Morgan fingerprint density at radius 2 is 0.700 bits per heavy atom. The maximum atomic E-state index is 2.87. The van der Waals surface area contributed by atoms with Crippen LogP contribution in [-0.4, -0.2) is 12.3 Å². The molecule has 0 aliphatic heterocycles. The van der Waals surface area contributed by atoms with Gasteiger partial charge < -0.3 is 0 Å². The average Bonchev–Trinajstić information content (AvgIpc) is 2.76. The molecule has 0 saturated heterocycles. The largest absolute Gasteiger partial charge is 0.138 e. The molecule has 0 fully saturated rings. The molecule has 3 unspecified atom stereocenters. The van der Waals surface area contributed by atoms with Crippen LogP contribution in [0.5, 0.6) is 0 Å². The summed E-state index contributed by atoms with van der Waals surface area (Å²) in [6, 6.07) is 0. The van der Waals surface area contributed by atoms with Crippen molar-refractivity contribution in [3.63, 3.8) is 0 Å². The fraction of sp³-hybridized carbons (Fsp3) is 1.00. The lowest BCUT2D eigenvalue weighted by Crippen LogP contribution is -2.01. The van der Waals surface area contributed by atoms with Gasteiger partial charge in [-0.1, -0.05) is 149 Å². The zero-order valence-corrected chi connectivity index (χ0v) is 24.0. The van der Waals surface area contributed by atoms with Crippen LogP contribution < -0.4 is 0 Å². The summed E-state index contributed by atoms with van der Waals surface area (Å²) >= 11 is 0. The third-order valence-electron chi connectivity index (χ3n) is 6.31. The SMILES string of the molecule is CCCCCCCCC(CCCC)CCCP.CCCCCCCCCCCCP. The zero-order valence-electron chi connectivity index (χ0n) is 21.7. The van der Waals surface area contributed by atoms with Crippen molar-refractivity contribution in [2.24, 2.45) is 5.92 Å². The predicted molar refractivity (Wildman–Crippen MR) is 151 cm³/mol. The minimum absolute atomic E-state index is 1.03. The lowest BCUT2D eigenvalue weighted by molar-refractivity contribution is 0.384. The third-order valence-corrected chi connectivity index (χ3v) is 7.12. The molecular formula is C28H62P2. The summed E-state index contributed by atoms with van der Waals surface area (Å²) in [6.07, 6.45) is 34.4. The van der Waals surface area contributed by atoms with Crippen LogP contribution in [-0.2, 0) is 0 Å². The molecule has 0 radical (unpaired) electrons. The van der Waals surface area contributed by atoms with Gasteiger partial charge in [0, 0.05) is 0 Å². The highest BCUT2D eigenvalue weighted by Gasteiger charge is 2.07. The molecule has 184 valence electrons. The standard InChI is InChI=1S/C16H35P.C12H27P/c1-3-5-7-8-9-10-13-16(12-6-4-2)14-11-15-17;1-2-3-4-5-6-7-8-9-10-11-12-13/h16H,3-15,17H2,1-2H3;2-13H2,1H3. The van der Waals surface area contributed by atoms with Crippen LogP contribution in [0.4, 0.5) is 0 Å². The molecule has 0 aliphatic carbocycles. The van der Waals surface area contributed by atoms with E-state index in [-0.39, 0.29) is 0 Å². The maximum Gasteiger partial charge on any atom is -0.0381 e. The van der Waals surface area contributed by atoms with Crippen molar-refractivity contribution in [1.29, 1.82) is 0 Å². The van der Waals surface area contributed by atoms with Gasteiger partial charge in [-0.3, -0.25) is 0 Å². The summed E-state index contributed by atoms with van der Waals surface area (Å²) in [4.78, 5) is 0. The van der Waals surface area contributed by atoms with Crippen LogP contribution >= 0.6 is 18.5 Å². The molecule has 0 aliphatic rings. The molecule has 0 N–H and O–H groups in total. The van der Waals surface area contributed by atoms with E-state index in [1.807, 2.05) is 0 Å². The van der Waals surface area contributed by atoms with Crippen LogP contribution in [0.3, 0.4) is 0 Å². The Bertz CT molecular complexity index is 249. The molecule has 0 heterocycles. The molecule has 0 aromatic heterocycles. The lowest BCUT2D eigenvalue weighted by Gasteiger charge is -2.16. The summed E-state index contributed by atoms with van der Waals surface area (Å²) in [6.45, 7) is 6.89. The fourth-order valence-electron chi connectivity index (χ4n) is 4.18. The van der Waals surface area contributed by atoms with Crippen LogP contribution in [0.25, 0.3) is 0 Å². The first-order chi connectivity index (χ1) is 14.8. The predicted octanol–water partition coefficient (Wildman–Crippen LogP) is 11.0. The fourth-order valence-corrected chi connectivity index (χ4v) is 4.70. The Morgan fingerprint density at radius 3 is 1.13 bits per heavy atom. The van der Waals surface area contributed by atoms with E-state index in [0.29, 0.717) is 0 Å². The van der Waals surface area contributed by atoms with E-state index in [0.717, 1.165) is 5.92 Å². The minimum atomic E-state index is 1.03. The van der Waals surface area contributed by atoms with Crippen molar-refractivity contribution in [3.8, 4) is 0 Å².